The summed E-state index contributed by atoms with van der Waals surface area (Å²) < 4.78 is 12.0. The van der Waals surface area contributed by atoms with E-state index in [0.29, 0.717) is 24.9 Å². The number of nitroso groups, excluding NO2 is 1. The number of ether oxygens (including phenoxy) is 2. The molecule has 2 unspecified atom stereocenters. The minimum absolute atomic E-state index is 0.0468. The van der Waals surface area contributed by atoms with Gasteiger partial charge in [0.2, 0.25) is 6.04 Å². The fraction of sp³-hybridized carbons (Fsp3) is 0.545. The second kappa shape index (κ2) is 9.49. The van der Waals surface area contributed by atoms with Gasteiger partial charge in [0.05, 0.1) is 7.11 Å². The molecule has 30 heavy (non-hydrogen) atoms. The Bertz CT molecular complexity index is 870. The topological polar surface area (TPSA) is 87.8 Å². The molecule has 3 heterocycles. The summed E-state index contributed by atoms with van der Waals surface area (Å²) in [6.45, 7) is 2.95. The lowest BCUT2D eigenvalue weighted by Gasteiger charge is -2.35. The third kappa shape index (κ3) is 4.60. The van der Waals surface area contributed by atoms with Crippen LogP contribution >= 0.6 is 0 Å². The van der Waals surface area contributed by atoms with Crippen molar-refractivity contribution in [3.63, 3.8) is 0 Å². The number of piperidine rings is 1. The maximum Gasteiger partial charge on any atom is 0.278 e. The normalized spacial score (nSPS) is 21.1. The quantitative estimate of drug-likeness (QED) is 0.695. The number of rotatable bonds is 7. The largest absolute Gasteiger partial charge is 0.477 e. The van der Waals surface area contributed by atoms with Crippen molar-refractivity contribution in [2.24, 2.45) is 5.92 Å². The van der Waals surface area contributed by atoms with Gasteiger partial charge < -0.3 is 19.5 Å². The zero-order chi connectivity index (χ0) is 20.9. The number of β-amino-alcohol motifs (C(OH)–C–C–N with tert-alkyl or cyclic N) is 1. The van der Waals surface area contributed by atoms with Gasteiger partial charge in [0.15, 0.2) is 6.54 Å². The van der Waals surface area contributed by atoms with Crippen molar-refractivity contribution >= 4 is 0 Å². The first kappa shape index (κ1) is 20.7. The van der Waals surface area contributed by atoms with Gasteiger partial charge in [0.1, 0.15) is 12.7 Å². The Hall–Kier alpha value is -2.58. The minimum Gasteiger partial charge on any atom is -0.477 e. The molecule has 0 radical (unpaired) electrons. The first-order chi connectivity index (χ1) is 14.7. The molecule has 0 spiro atoms. The maximum atomic E-state index is 12.6. The summed E-state index contributed by atoms with van der Waals surface area (Å²) in [4.78, 5) is 23.0. The highest BCUT2D eigenvalue weighted by Gasteiger charge is 2.41. The average molecular weight is 413 g/mol. The standard InChI is InChI=1S/C22H29N4O4/c1-29-21-22(24-10-9-23-21)30-15-18(27)14-25-11-6-17(7-12-25)20-19-5-3-2-4-16(19)8-13-26(20)28/h2-5,9-10,17-18,20,27H,6-8,11-15H2,1H3/q+1. The molecule has 8 nitrogen and oxygen atoms in total. The molecule has 0 aliphatic carbocycles. The number of aliphatic hydroxyl groups is 1. The van der Waals surface area contributed by atoms with E-state index in [1.165, 1.54) is 35.4 Å². The highest BCUT2D eigenvalue weighted by Crippen LogP contribution is 2.37. The summed E-state index contributed by atoms with van der Waals surface area (Å²) >= 11 is 0. The fourth-order valence-electron chi connectivity index (χ4n) is 4.59. The molecular weight excluding hydrogens is 384 g/mol. The molecule has 0 saturated carbocycles. The van der Waals surface area contributed by atoms with Crippen molar-refractivity contribution in [2.75, 3.05) is 39.9 Å². The molecule has 1 fully saturated rings. The summed E-state index contributed by atoms with van der Waals surface area (Å²) in [7, 11) is 1.51. The van der Waals surface area contributed by atoms with Crippen LogP contribution in [0.3, 0.4) is 0 Å². The number of aromatic nitrogens is 2. The number of benzene rings is 1. The van der Waals surface area contributed by atoms with E-state index < -0.39 is 6.10 Å². The Morgan fingerprint density at radius 1 is 1.20 bits per heavy atom. The number of nitrogens with zero attached hydrogens (tertiary/aromatic N) is 4. The fourth-order valence-corrected chi connectivity index (χ4v) is 4.59. The van der Waals surface area contributed by atoms with Gasteiger partial charge in [-0.15, -0.1) is 0 Å². The number of likely N-dealkylation sites (tertiary alicyclic amines) is 1. The first-order valence-corrected chi connectivity index (χ1v) is 10.6. The number of hydrogen-bond donors (Lipinski definition) is 1. The summed E-state index contributed by atoms with van der Waals surface area (Å²) in [5.41, 5.74) is 2.51. The second-order valence-electron chi connectivity index (χ2n) is 8.01. The summed E-state index contributed by atoms with van der Waals surface area (Å²) in [6, 6.07) is 8.29. The minimum atomic E-state index is -0.639. The van der Waals surface area contributed by atoms with Crippen LogP contribution in [0.4, 0.5) is 0 Å². The van der Waals surface area contributed by atoms with Crippen LogP contribution in [-0.4, -0.2) is 70.7 Å². The van der Waals surface area contributed by atoms with E-state index in [-0.39, 0.29) is 18.5 Å². The van der Waals surface area contributed by atoms with E-state index >= 15 is 0 Å². The summed E-state index contributed by atoms with van der Waals surface area (Å²) in [6.07, 6.45) is 5.14. The van der Waals surface area contributed by atoms with Crippen molar-refractivity contribution in [1.29, 1.82) is 0 Å². The van der Waals surface area contributed by atoms with Crippen LogP contribution in [0, 0.1) is 10.8 Å². The van der Waals surface area contributed by atoms with E-state index in [2.05, 4.69) is 33.1 Å². The summed E-state index contributed by atoms with van der Waals surface area (Å²) in [5, 5.41) is 10.4. The highest BCUT2D eigenvalue weighted by molar-refractivity contribution is 5.31. The van der Waals surface area contributed by atoms with Gasteiger partial charge in [-0.25, -0.2) is 9.97 Å². The van der Waals surface area contributed by atoms with Crippen LogP contribution in [-0.2, 0) is 6.42 Å². The zero-order valence-electron chi connectivity index (χ0n) is 17.3. The van der Waals surface area contributed by atoms with Crippen molar-refractivity contribution in [3.05, 3.63) is 52.7 Å². The van der Waals surface area contributed by atoms with Crippen molar-refractivity contribution in [1.82, 2.24) is 14.9 Å². The number of fused-ring (bicyclic) bond motifs is 1. The Morgan fingerprint density at radius 2 is 1.93 bits per heavy atom. The molecule has 0 amide bonds. The monoisotopic (exact) mass is 413 g/mol. The Morgan fingerprint density at radius 3 is 2.70 bits per heavy atom. The highest BCUT2D eigenvalue weighted by atomic mass is 16.5. The predicted molar refractivity (Wildman–Crippen MR) is 111 cm³/mol. The number of hydrogen-bond acceptors (Lipinski definition) is 7. The molecule has 2 atom stereocenters. The first-order valence-electron chi connectivity index (χ1n) is 10.6. The van der Waals surface area contributed by atoms with Gasteiger partial charge in [-0.3, -0.25) is 0 Å². The van der Waals surface area contributed by atoms with E-state index in [1.807, 2.05) is 6.07 Å². The van der Waals surface area contributed by atoms with Gasteiger partial charge in [-0.05, 0) is 31.5 Å². The Kier molecular flexibility index (Phi) is 6.54. The predicted octanol–water partition coefficient (Wildman–Crippen LogP) is 2.01. The van der Waals surface area contributed by atoms with E-state index in [9.17, 15) is 10.0 Å². The molecule has 160 valence electrons. The van der Waals surface area contributed by atoms with Crippen LogP contribution in [0.2, 0.25) is 0 Å². The van der Waals surface area contributed by atoms with Crippen LogP contribution in [0.25, 0.3) is 0 Å². The lowest BCUT2D eigenvalue weighted by atomic mass is 9.81. The van der Waals surface area contributed by atoms with Crippen molar-refractivity contribution in [2.45, 2.75) is 31.4 Å². The lowest BCUT2D eigenvalue weighted by molar-refractivity contribution is -0.605. The lowest BCUT2D eigenvalue weighted by Crippen LogP contribution is -2.43. The molecular formula is C22H29N4O4+. The second-order valence-corrected chi connectivity index (χ2v) is 8.01. The van der Waals surface area contributed by atoms with Gasteiger partial charge in [0.25, 0.3) is 11.8 Å². The van der Waals surface area contributed by atoms with Gasteiger partial charge in [0, 0.05) is 46.5 Å². The van der Waals surface area contributed by atoms with E-state index in [0.717, 1.165) is 32.4 Å². The molecule has 2 aliphatic rings. The van der Waals surface area contributed by atoms with Crippen LogP contribution < -0.4 is 9.47 Å². The average Bonchev–Trinajstić information content (AvgIpc) is 2.78. The van der Waals surface area contributed by atoms with E-state index in [1.54, 1.807) is 0 Å². The molecule has 1 aromatic carbocycles. The van der Waals surface area contributed by atoms with Crippen LogP contribution in [0.5, 0.6) is 11.8 Å². The molecule has 8 heteroatoms. The Balaban J connectivity index is 1.28. The third-order valence-corrected chi connectivity index (χ3v) is 6.07. The number of methoxy groups -OCH3 is 1. The van der Waals surface area contributed by atoms with Crippen LogP contribution in [0.15, 0.2) is 36.7 Å². The Labute approximate surface area is 176 Å². The molecule has 1 N–H and O–H groups in total. The van der Waals surface area contributed by atoms with E-state index in [4.69, 9.17) is 9.47 Å². The molecule has 1 saturated heterocycles. The van der Waals surface area contributed by atoms with Gasteiger partial charge in [-0.1, -0.05) is 24.3 Å². The summed E-state index contributed by atoms with van der Waals surface area (Å²) in [5.74, 6) is 0.933. The van der Waals surface area contributed by atoms with Crippen LogP contribution in [0.1, 0.15) is 30.0 Å². The van der Waals surface area contributed by atoms with Crippen molar-refractivity contribution < 1.29 is 19.3 Å². The zero-order valence-corrected chi connectivity index (χ0v) is 17.3. The van der Waals surface area contributed by atoms with Crippen molar-refractivity contribution in [3.8, 4) is 11.8 Å². The molecule has 2 aromatic rings. The molecule has 2 aliphatic heterocycles. The smallest absolute Gasteiger partial charge is 0.278 e. The maximum absolute atomic E-state index is 12.6. The SMILES string of the molecule is COc1nccnc1OCC(O)CN1CCC(C2c3ccccc3CC[N+]2=O)CC1. The van der Waals surface area contributed by atoms with Gasteiger partial charge >= 0.3 is 0 Å². The third-order valence-electron chi connectivity index (χ3n) is 6.07. The molecule has 4 rings (SSSR count). The molecule has 0 bridgehead atoms. The molecule has 1 aromatic heterocycles. The number of aliphatic hydroxyl groups excluding tert-OH is 1. The van der Waals surface area contributed by atoms with Gasteiger partial charge in [-0.2, -0.15) is 0 Å².